The fourth-order valence-electron chi connectivity index (χ4n) is 2.78. The van der Waals surface area contributed by atoms with Gasteiger partial charge in [0.25, 0.3) is 5.69 Å². The third-order valence-corrected chi connectivity index (χ3v) is 4.33. The molecule has 0 aliphatic carbocycles. The second-order valence-electron chi connectivity index (χ2n) is 5.72. The van der Waals surface area contributed by atoms with Crippen molar-refractivity contribution in [1.82, 2.24) is 9.78 Å². The molecule has 3 rings (SSSR count). The summed E-state index contributed by atoms with van der Waals surface area (Å²) in [7, 11) is 1.79. The molecule has 1 aromatic heterocycles. The molecule has 1 atom stereocenters. The monoisotopic (exact) mass is 349 g/mol. The molecule has 24 heavy (non-hydrogen) atoms. The van der Waals surface area contributed by atoms with Crippen LogP contribution in [0.2, 0.25) is 5.02 Å². The van der Waals surface area contributed by atoms with Crippen molar-refractivity contribution in [2.75, 3.05) is 16.8 Å². The Morgan fingerprint density at radius 1 is 1.46 bits per heavy atom. The van der Waals surface area contributed by atoms with Crippen molar-refractivity contribution in [2.45, 2.75) is 19.4 Å². The van der Waals surface area contributed by atoms with Gasteiger partial charge in [0.2, 0.25) is 5.91 Å². The van der Waals surface area contributed by atoms with Gasteiger partial charge in [0.1, 0.15) is 6.04 Å². The topological polar surface area (TPSA) is 93.3 Å². The SMILES string of the molecule is Cc1cc(NC2CCN(c3cnn(C)c3)C2=O)c(Cl)cc1[N+](=O)[O-]. The number of hydrogen-bond acceptors (Lipinski definition) is 5. The van der Waals surface area contributed by atoms with E-state index < -0.39 is 11.0 Å². The maximum atomic E-state index is 12.6. The van der Waals surface area contributed by atoms with Crippen molar-refractivity contribution in [1.29, 1.82) is 0 Å². The molecule has 1 aliphatic rings. The Balaban J connectivity index is 1.79. The van der Waals surface area contributed by atoms with Crippen molar-refractivity contribution in [3.05, 3.63) is 45.2 Å². The van der Waals surface area contributed by atoms with Gasteiger partial charge < -0.3 is 10.2 Å². The van der Waals surface area contributed by atoms with E-state index in [1.54, 1.807) is 42.0 Å². The molecule has 2 heterocycles. The quantitative estimate of drug-likeness (QED) is 0.676. The zero-order chi connectivity index (χ0) is 17.4. The molecule has 0 saturated carbocycles. The molecule has 0 spiro atoms. The van der Waals surface area contributed by atoms with Gasteiger partial charge in [-0.1, -0.05) is 11.6 Å². The van der Waals surface area contributed by atoms with Crippen molar-refractivity contribution in [3.63, 3.8) is 0 Å². The lowest BCUT2D eigenvalue weighted by Crippen LogP contribution is -2.33. The van der Waals surface area contributed by atoms with Gasteiger partial charge in [-0.15, -0.1) is 0 Å². The van der Waals surface area contributed by atoms with Crippen LogP contribution in [0, 0.1) is 17.0 Å². The van der Waals surface area contributed by atoms with Crippen LogP contribution in [0.25, 0.3) is 0 Å². The highest BCUT2D eigenvalue weighted by Gasteiger charge is 2.33. The summed E-state index contributed by atoms with van der Waals surface area (Å²) in [6.45, 7) is 2.21. The van der Waals surface area contributed by atoms with E-state index in [1.807, 2.05) is 0 Å². The smallest absolute Gasteiger partial charge is 0.273 e. The van der Waals surface area contributed by atoms with Crippen LogP contribution in [0.15, 0.2) is 24.5 Å². The average molecular weight is 350 g/mol. The van der Waals surface area contributed by atoms with Gasteiger partial charge in [0.05, 0.1) is 27.5 Å². The van der Waals surface area contributed by atoms with Gasteiger partial charge >= 0.3 is 0 Å². The number of benzene rings is 1. The number of anilines is 2. The molecule has 126 valence electrons. The van der Waals surface area contributed by atoms with Crippen molar-refractivity contribution in [2.24, 2.45) is 7.05 Å². The Bertz CT molecular complexity index is 819. The molecule has 9 heteroatoms. The van der Waals surface area contributed by atoms with E-state index in [4.69, 9.17) is 11.6 Å². The summed E-state index contributed by atoms with van der Waals surface area (Å²) in [4.78, 5) is 24.7. The highest BCUT2D eigenvalue weighted by Crippen LogP contribution is 2.32. The highest BCUT2D eigenvalue weighted by atomic mass is 35.5. The molecule has 2 aromatic rings. The van der Waals surface area contributed by atoms with Crippen LogP contribution in [0.5, 0.6) is 0 Å². The molecule has 8 nitrogen and oxygen atoms in total. The maximum Gasteiger partial charge on any atom is 0.273 e. The number of carbonyl (C=O) groups excluding carboxylic acids is 1. The fraction of sp³-hybridized carbons (Fsp3) is 0.333. The van der Waals surface area contributed by atoms with Crippen LogP contribution < -0.4 is 10.2 Å². The number of carbonyl (C=O) groups is 1. The standard InChI is InChI=1S/C15H16ClN5O3/c1-9-5-13(11(16)6-14(9)21(23)24)18-12-3-4-20(15(12)22)10-7-17-19(2)8-10/h5-8,12,18H,3-4H2,1-2H3. The Morgan fingerprint density at radius 2 is 2.21 bits per heavy atom. The minimum absolute atomic E-state index is 0.0414. The van der Waals surface area contributed by atoms with Crippen LogP contribution in [0.4, 0.5) is 17.1 Å². The van der Waals surface area contributed by atoms with Crippen LogP contribution in [-0.2, 0) is 11.8 Å². The minimum Gasteiger partial charge on any atom is -0.372 e. The molecule has 1 saturated heterocycles. The van der Waals surface area contributed by atoms with Crippen molar-refractivity contribution >= 4 is 34.6 Å². The largest absolute Gasteiger partial charge is 0.372 e. The summed E-state index contributed by atoms with van der Waals surface area (Å²) in [6.07, 6.45) is 4.03. The Morgan fingerprint density at radius 3 is 2.83 bits per heavy atom. The number of nitrogens with one attached hydrogen (secondary N) is 1. The van der Waals surface area contributed by atoms with Crippen molar-refractivity contribution < 1.29 is 9.72 Å². The molecule has 0 bridgehead atoms. The van der Waals surface area contributed by atoms with Gasteiger partial charge in [-0.25, -0.2) is 0 Å². The molecule has 1 aromatic carbocycles. The highest BCUT2D eigenvalue weighted by molar-refractivity contribution is 6.33. The van der Waals surface area contributed by atoms with Crippen molar-refractivity contribution in [3.8, 4) is 0 Å². The van der Waals surface area contributed by atoms with E-state index in [2.05, 4.69) is 10.4 Å². The Kier molecular flexibility index (Phi) is 4.15. The van der Waals surface area contributed by atoms with Gasteiger partial charge in [-0.05, 0) is 19.4 Å². The second-order valence-corrected chi connectivity index (χ2v) is 6.13. The number of nitro benzene ring substituents is 1. The van der Waals surface area contributed by atoms with Gasteiger partial charge in [0.15, 0.2) is 0 Å². The predicted molar refractivity (Wildman–Crippen MR) is 90.4 cm³/mol. The first-order valence-electron chi connectivity index (χ1n) is 7.38. The molecule has 0 radical (unpaired) electrons. The number of halogens is 1. The van der Waals surface area contributed by atoms with Crippen LogP contribution >= 0.6 is 11.6 Å². The summed E-state index contributed by atoms with van der Waals surface area (Å²) >= 11 is 6.12. The number of nitro groups is 1. The average Bonchev–Trinajstić information content (AvgIpc) is 3.09. The number of aryl methyl sites for hydroxylation is 2. The lowest BCUT2D eigenvalue weighted by Gasteiger charge is -2.17. The summed E-state index contributed by atoms with van der Waals surface area (Å²) in [5.74, 6) is -0.0740. The van der Waals surface area contributed by atoms with E-state index >= 15 is 0 Å². The lowest BCUT2D eigenvalue weighted by atomic mass is 10.1. The first-order valence-corrected chi connectivity index (χ1v) is 7.75. The van der Waals surface area contributed by atoms with Gasteiger partial charge in [-0.3, -0.25) is 19.6 Å². The third-order valence-electron chi connectivity index (χ3n) is 4.02. The summed E-state index contributed by atoms with van der Waals surface area (Å²) in [6, 6.07) is 2.47. The molecule has 1 fully saturated rings. The van der Waals surface area contributed by atoms with E-state index in [0.29, 0.717) is 24.2 Å². The zero-order valence-electron chi connectivity index (χ0n) is 13.2. The van der Waals surface area contributed by atoms with Crippen LogP contribution in [-0.4, -0.2) is 33.2 Å². The van der Waals surface area contributed by atoms with Crippen LogP contribution in [0.1, 0.15) is 12.0 Å². The normalized spacial score (nSPS) is 17.4. The van der Waals surface area contributed by atoms with Gasteiger partial charge in [-0.2, -0.15) is 5.10 Å². The molecular formula is C15H16ClN5O3. The molecule has 1 N–H and O–H groups in total. The van der Waals surface area contributed by atoms with Gasteiger partial charge in [0, 0.05) is 31.4 Å². The predicted octanol–water partition coefficient (Wildman–Crippen LogP) is 2.51. The van der Waals surface area contributed by atoms with E-state index in [1.165, 1.54) is 6.07 Å². The Hall–Kier alpha value is -2.61. The van der Waals surface area contributed by atoms with E-state index in [-0.39, 0.29) is 16.6 Å². The fourth-order valence-corrected chi connectivity index (χ4v) is 3.00. The minimum atomic E-state index is -0.476. The first kappa shape index (κ1) is 16.3. The first-order chi connectivity index (χ1) is 11.4. The number of nitrogens with zero attached hydrogens (tertiary/aromatic N) is 4. The number of aromatic nitrogens is 2. The summed E-state index contributed by atoms with van der Waals surface area (Å²) < 4.78 is 1.64. The lowest BCUT2D eigenvalue weighted by molar-refractivity contribution is -0.385. The second kappa shape index (κ2) is 6.12. The third kappa shape index (κ3) is 2.92. The zero-order valence-corrected chi connectivity index (χ0v) is 13.9. The van der Waals surface area contributed by atoms with Crippen LogP contribution in [0.3, 0.4) is 0 Å². The number of rotatable bonds is 4. The molecular weight excluding hydrogens is 334 g/mol. The molecule has 1 unspecified atom stereocenters. The Labute approximate surface area is 143 Å². The molecule has 1 amide bonds. The van der Waals surface area contributed by atoms with E-state index in [9.17, 15) is 14.9 Å². The summed E-state index contributed by atoms with van der Waals surface area (Å²) in [5, 5.41) is 18.3. The van der Waals surface area contributed by atoms with E-state index in [0.717, 1.165) is 5.69 Å². The maximum absolute atomic E-state index is 12.6. The molecule has 1 aliphatic heterocycles. The number of hydrogen-bond donors (Lipinski definition) is 1. The summed E-state index contributed by atoms with van der Waals surface area (Å²) in [5.41, 5.74) is 1.71. The number of amides is 1.